The molecule has 6 rings (SSSR count). The van der Waals surface area contributed by atoms with E-state index in [2.05, 4.69) is 20.9 Å². The Bertz CT molecular complexity index is 1110. The maximum absolute atomic E-state index is 13.0. The first-order valence-corrected chi connectivity index (χ1v) is 11.6. The minimum absolute atomic E-state index is 0.0430. The van der Waals surface area contributed by atoms with Crippen LogP contribution in [0.3, 0.4) is 0 Å². The first-order chi connectivity index (χ1) is 13.4. The van der Waals surface area contributed by atoms with E-state index in [4.69, 9.17) is 4.74 Å². The molecular weight excluding hydrogens is 466 g/mol. The van der Waals surface area contributed by atoms with Gasteiger partial charge in [0, 0.05) is 26.1 Å². The Hall–Kier alpha value is -1.58. The van der Waals surface area contributed by atoms with E-state index in [0.29, 0.717) is 5.75 Å². The summed E-state index contributed by atoms with van der Waals surface area (Å²) in [6.45, 7) is 0. The number of carbonyl (C=O) groups excluding carboxylic acids is 1. The fourth-order valence-corrected chi connectivity index (χ4v) is 9.23. The molecule has 9 heteroatoms. The molecule has 2 N–H and O–H groups in total. The van der Waals surface area contributed by atoms with E-state index in [1.807, 2.05) is 12.1 Å². The average molecular weight is 480 g/mol. The van der Waals surface area contributed by atoms with Gasteiger partial charge in [-0.2, -0.15) is 0 Å². The van der Waals surface area contributed by atoms with E-state index < -0.39 is 23.8 Å². The molecule has 3 heterocycles. The predicted molar refractivity (Wildman–Crippen MR) is 106 cm³/mol. The maximum Gasteiger partial charge on any atom is 0.315 e. The number of benzene rings is 1. The Kier molecular flexibility index (Phi) is 3.54. The van der Waals surface area contributed by atoms with Crippen molar-refractivity contribution in [2.75, 3.05) is 0 Å². The van der Waals surface area contributed by atoms with Gasteiger partial charge in [0.15, 0.2) is 0 Å². The number of thiazole rings is 1. The number of carboxylic acid groups (broad SMARTS) is 1. The number of esters is 1. The van der Waals surface area contributed by atoms with Crippen molar-refractivity contribution < 1.29 is 19.4 Å². The van der Waals surface area contributed by atoms with Crippen LogP contribution in [0.2, 0.25) is 0 Å². The number of halogens is 1. The van der Waals surface area contributed by atoms with Crippen molar-refractivity contribution in [3.8, 4) is 5.75 Å². The quantitative estimate of drug-likeness (QED) is 0.481. The summed E-state index contributed by atoms with van der Waals surface area (Å²) in [5.74, 6) is -2.33. The first kappa shape index (κ1) is 17.3. The summed E-state index contributed by atoms with van der Waals surface area (Å²) in [5.41, 5.74) is 0.896. The Balaban J connectivity index is 1.64. The molecule has 2 aliphatic heterocycles. The van der Waals surface area contributed by atoms with Crippen LogP contribution in [0.1, 0.15) is 22.8 Å². The standard InChI is InChI=1S/C19H14BrNO5S2/c20-5-1-2-9-6(3-5)10-11-7-4-8(12(17(22)23)13(7)18(24)26-9)14(11)27-16-15(10)28-19(25)21-16/h1-3,7-8,10-14H,4H2,(H,21,25)(H,22,23)/t7-,8+,10-,11+,12-,13+,14-/m0/s1. The Morgan fingerprint density at radius 3 is 2.89 bits per heavy atom. The van der Waals surface area contributed by atoms with E-state index in [1.165, 1.54) is 11.3 Å². The van der Waals surface area contributed by atoms with Gasteiger partial charge >= 0.3 is 16.8 Å². The molecule has 0 saturated heterocycles. The van der Waals surface area contributed by atoms with Gasteiger partial charge in [-0.15, -0.1) is 11.8 Å². The fraction of sp³-hybridized carbons (Fsp3) is 0.421. The molecule has 7 atom stereocenters. The Morgan fingerprint density at radius 2 is 2.11 bits per heavy atom. The second kappa shape index (κ2) is 5.73. The molecule has 4 aliphatic rings. The van der Waals surface area contributed by atoms with Crippen molar-refractivity contribution >= 4 is 51.0 Å². The average Bonchev–Trinajstić information content (AvgIpc) is 3.30. The van der Waals surface area contributed by atoms with Crippen LogP contribution in [0.5, 0.6) is 5.75 Å². The molecule has 144 valence electrons. The van der Waals surface area contributed by atoms with Gasteiger partial charge < -0.3 is 14.8 Å². The highest BCUT2D eigenvalue weighted by Gasteiger charge is 2.67. The number of rotatable bonds is 1. The van der Waals surface area contributed by atoms with Gasteiger partial charge in [0.25, 0.3) is 0 Å². The lowest BCUT2D eigenvalue weighted by molar-refractivity contribution is -0.156. The summed E-state index contributed by atoms with van der Waals surface area (Å²) >= 11 is 6.33. The van der Waals surface area contributed by atoms with Crippen molar-refractivity contribution in [1.29, 1.82) is 0 Å². The van der Waals surface area contributed by atoms with Crippen LogP contribution in [-0.4, -0.2) is 27.3 Å². The maximum atomic E-state index is 13.0. The number of aromatic amines is 1. The highest BCUT2D eigenvalue weighted by molar-refractivity contribution is 9.10. The van der Waals surface area contributed by atoms with Gasteiger partial charge in [-0.3, -0.25) is 14.4 Å². The third kappa shape index (κ3) is 2.12. The number of fused-ring (bicyclic) bond motifs is 6. The zero-order valence-corrected chi connectivity index (χ0v) is 17.5. The smallest absolute Gasteiger partial charge is 0.315 e. The van der Waals surface area contributed by atoms with E-state index in [0.717, 1.165) is 26.4 Å². The van der Waals surface area contributed by atoms with E-state index in [9.17, 15) is 19.5 Å². The molecule has 1 aromatic heterocycles. The number of hydrogen-bond acceptors (Lipinski definition) is 6. The van der Waals surface area contributed by atoms with Crippen molar-refractivity contribution in [3.63, 3.8) is 0 Å². The van der Waals surface area contributed by atoms with Crippen LogP contribution in [0.15, 0.2) is 32.5 Å². The normalized spacial score (nSPS) is 36.9. The molecule has 2 bridgehead atoms. The van der Waals surface area contributed by atoms with Gasteiger partial charge in [0.1, 0.15) is 5.75 Å². The monoisotopic (exact) mass is 479 g/mol. The first-order valence-electron chi connectivity index (χ1n) is 9.07. The fourth-order valence-electron chi connectivity index (χ4n) is 5.97. The number of nitrogens with one attached hydrogen (secondary N) is 1. The molecule has 0 spiro atoms. The number of thioether (sulfide) groups is 1. The van der Waals surface area contributed by atoms with E-state index in [1.54, 1.807) is 17.8 Å². The summed E-state index contributed by atoms with van der Waals surface area (Å²) in [6.07, 6.45) is 0.720. The molecule has 0 radical (unpaired) electrons. The lowest BCUT2D eigenvalue weighted by Gasteiger charge is -2.45. The Morgan fingerprint density at radius 1 is 1.29 bits per heavy atom. The summed E-state index contributed by atoms with van der Waals surface area (Å²) in [7, 11) is 0. The molecule has 0 amide bonds. The third-order valence-corrected chi connectivity index (χ3v) is 9.87. The van der Waals surface area contributed by atoms with Crippen LogP contribution in [0.25, 0.3) is 0 Å². The second-order valence-corrected chi connectivity index (χ2v) is 11.0. The number of aromatic nitrogens is 1. The highest BCUT2D eigenvalue weighted by atomic mass is 79.9. The third-order valence-electron chi connectivity index (χ3n) is 6.79. The summed E-state index contributed by atoms with van der Waals surface area (Å²) in [6, 6.07) is 5.54. The van der Waals surface area contributed by atoms with Crippen molar-refractivity contribution in [3.05, 3.63) is 42.8 Å². The molecule has 1 aromatic carbocycles. The van der Waals surface area contributed by atoms with Crippen molar-refractivity contribution in [2.24, 2.45) is 29.6 Å². The Labute approximate surface area is 175 Å². The zero-order valence-electron chi connectivity index (χ0n) is 14.3. The molecule has 2 saturated carbocycles. The summed E-state index contributed by atoms with van der Waals surface area (Å²) < 4.78 is 6.63. The van der Waals surface area contributed by atoms with Crippen LogP contribution in [0.4, 0.5) is 0 Å². The summed E-state index contributed by atoms with van der Waals surface area (Å²) in [4.78, 5) is 41.0. The molecule has 2 fully saturated rings. The molecule has 0 unspecified atom stereocenters. The molecule has 6 nitrogen and oxygen atoms in total. The second-order valence-electron chi connectivity index (χ2n) is 7.90. The molecule has 2 aromatic rings. The molecule has 2 aliphatic carbocycles. The highest BCUT2D eigenvalue weighted by Crippen LogP contribution is 2.68. The zero-order chi connectivity index (χ0) is 19.3. The molecule has 28 heavy (non-hydrogen) atoms. The summed E-state index contributed by atoms with van der Waals surface area (Å²) in [5, 5.41) is 10.8. The minimum atomic E-state index is -0.925. The van der Waals surface area contributed by atoms with Gasteiger partial charge in [-0.05, 0) is 42.4 Å². The van der Waals surface area contributed by atoms with Crippen LogP contribution < -0.4 is 9.61 Å². The number of carbonyl (C=O) groups is 2. The topological polar surface area (TPSA) is 96.5 Å². The van der Waals surface area contributed by atoms with Crippen molar-refractivity contribution in [1.82, 2.24) is 4.98 Å². The number of aliphatic carboxylic acids is 1. The lowest BCUT2D eigenvalue weighted by Crippen LogP contribution is -2.49. The SMILES string of the molecule is O=C1Oc2ccc(Br)cc2[C@@H]2c3sc(=O)[nH]c3S[C@H]3[C@@H]4C[C@H]([C@@H]1[C@H]4C(=O)O)[C@H]23. The van der Waals surface area contributed by atoms with Crippen LogP contribution in [-0.2, 0) is 9.59 Å². The lowest BCUT2D eigenvalue weighted by atomic mass is 9.66. The predicted octanol–water partition coefficient (Wildman–Crippen LogP) is 3.31. The number of hydrogen-bond donors (Lipinski definition) is 2. The largest absolute Gasteiger partial charge is 0.481 e. The molecular formula is C19H14BrNO5S2. The van der Waals surface area contributed by atoms with Gasteiger partial charge in [0.2, 0.25) is 0 Å². The minimum Gasteiger partial charge on any atom is -0.481 e. The van der Waals surface area contributed by atoms with E-state index in [-0.39, 0.29) is 33.8 Å². The number of H-pyrrole nitrogens is 1. The van der Waals surface area contributed by atoms with Gasteiger partial charge in [-0.25, -0.2) is 0 Å². The van der Waals surface area contributed by atoms with Crippen LogP contribution >= 0.6 is 39.0 Å². The van der Waals surface area contributed by atoms with Crippen LogP contribution in [0, 0.1) is 29.6 Å². The van der Waals surface area contributed by atoms with Gasteiger partial charge in [0.05, 0.1) is 16.9 Å². The van der Waals surface area contributed by atoms with E-state index >= 15 is 0 Å². The van der Waals surface area contributed by atoms with Crippen molar-refractivity contribution in [2.45, 2.75) is 22.6 Å². The number of carboxylic acids is 1. The van der Waals surface area contributed by atoms with Gasteiger partial charge in [-0.1, -0.05) is 27.3 Å². The number of ether oxygens (including phenoxy) is 1.